The second-order valence-corrected chi connectivity index (χ2v) is 5.70. The number of benzene rings is 2. The largest absolute Gasteiger partial charge is 0.507 e. The van der Waals surface area contributed by atoms with Crippen molar-refractivity contribution in [2.75, 3.05) is 5.32 Å². The van der Waals surface area contributed by atoms with E-state index in [0.29, 0.717) is 0 Å². The molecule has 0 bridgehead atoms. The van der Waals surface area contributed by atoms with Gasteiger partial charge in [-0.2, -0.15) is 17.6 Å². The number of hydrogen-bond donors (Lipinski definition) is 2. The molecular formula is C16H9F5N2O3S. The number of hydrogen-bond acceptors (Lipinski definition) is 4. The molecule has 1 heterocycles. The average Bonchev–Trinajstić information content (AvgIpc) is 2.56. The maximum Gasteiger partial charge on any atom is 0.507 e. The van der Waals surface area contributed by atoms with Crippen molar-refractivity contribution < 1.29 is 36.2 Å². The van der Waals surface area contributed by atoms with Crippen molar-refractivity contribution >= 4 is 28.9 Å². The number of thiocarbonyl (C=S) groups is 1. The summed E-state index contributed by atoms with van der Waals surface area (Å²) < 4.78 is 74.1. The Hall–Kier alpha value is -2.95. The zero-order valence-electron chi connectivity index (χ0n) is 13.1. The van der Waals surface area contributed by atoms with E-state index >= 15 is 0 Å². The number of fused-ring (bicyclic) bond motifs is 1. The summed E-state index contributed by atoms with van der Waals surface area (Å²) >= 11 is 4.89. The number of ether oxygens (including phenoxy) is 2. The molecule has 0 spiro atoms. The van der Waals surface area contributed by atoms with Gasteiger partial charge < -0.3 is 14.8 Å². The normalized spacial score (nSPS) is 16.3. The molecule has 27 heavy (non-hydrogen) atoms. The van der Waals surface area contributed by atoms with Crippen molar-refractivity contribution in [2.45, 2.75) is 12.2 Å². The van der Waals surface area contributed by atoms with Gasteiger partial charge in [0.2, 0.25) is 0 Å². The first-order chi connectivity index (χ1) is 12.6. The van der Waals surface area contributed by atoms with Crippen LogP contribution in [0.4, 0.5) is 27.6 Å². The van der Waals surface area contributed by atoms with Crippen molar-refractivity contribution in [1.29, 1.82) is 0 Å². The molecule has 0 saturated heterocycles. The van der Waals surface area contributed by atoms with E-state index in [2.05, 4.69) is 20.1 Å². The number of rotatable bonds is 2. The van der Waals surface area contributed by atoms with Gasteiger partial charge in [0, 0.05) is 11.8 Å². The zero-order chi connectivity index (χ0) is 19.8. The minimum atomic E-state index is -4.86. The Morgan fingerprint density at radius 3 is 2.26 bits per heavy atom. The summed E-state index contributed by atoms with van der Waals surface area (Å²) in [5.41, 5.74) is -0.220. The van der Waals surface area contributed by atoms with E-state index in [0.717, 1.165) is 18.2 Å². The molecule has 142 valence electrons. The lowest BCUT2D eigenvalue weighted by Crippen LogP contribution is -2.52. The van der Waals surface area contributed by atoms with Gasteiger partial charge in [-0.05, 0) is 36.5 Å². The SMILES string of the molecule is O=C(NC(=S)Nc1ccc2c(c1)OC(F)(F)C(F)(F)O2)c1ccccc1F. The van der Waals surface area contributed by atoms with E-state index in [1.165, 1.54) is 24.3 Å². The average molecular weight is 404 g/mol. The van der Waals surface area contributed by atoms with Crippen molar-refractivity contribution in [1.82, 2.24) is 5.32 Å². The topological polar surface area (TPSA) is 59.6 Å². The number of halogens is 5. The van der Waals surface area contributed by atoms with Crippen LogP contribution in [-0.4, -0.2) is 23.2 Å². The van der Waals surface area contributed by atoms with E-state index in [4.69, 9.17) is 12.2 Å². The molecule has 0 fully saturated rings. The highest BCUT2D eigenvalue weighted by Gasteiger charge is 2.65. The van der Waals surface area contributed by atoms with Crippen LogP contribution in [0.15, 0.2) is 42.5 Å². The summed E-state index contributed by atoms with van der Waals surface area (Å²) in [6, 6.07) is 8.25. The summed E-state index contributed by atoms with van der Waals surface area (Å²) in [6.45, 7) is 0. The van der Waals surface area contributed by atoms with E-state index in [-0.39, 0.29) is 16.4 Å². The minimum absolute atomic E-state index is 0.0391. The molecule has 1 amide bonds. The Bertz CT molecular complexity index is 923. The third-order valence-corrected chi connectivity index (χ3v) is 3.57. The quantitative estimate of drug-likeness (QED) is 0.587. The van der Waals surface area contributed by atoms with Crippen molar-refractivity contribution in [3.8, 4) is 11.5 Å². The Labute approximate surface area is 154 Å². The molecule has 2 aromatic rings. The Kier molecular flexibility index (Phi) is 4.64. The van der Waals surface area contributed by atoms with Gasteiger partial charge in [0.05, 0.1) is 5.56 Å². The highest BCUT2D eigenvalue weighted by Crippen LogP contribution is 2.47. The molecule has 0 aliphatic carbocycles. The molecule has 2 N–H and O–H groups in total. The first-order valence-corrected chi connectivity index (χ1v) is 7.64. The van der Waals surface area contributed by atoms with Crippen molar-refractivity contribution in [2.24, 2.45) is 0 Å². The van der Waals surface area contributed by atoms with Gasteiger partial charge in [-0.15, -0.1) is 0 Å². The maximum absolute atomic E-state index is 13.6. The van der Waals surface area contributed by atoms with Crippen LogP contribution < -0.4 is 20.1 Å². The number of nitrogens with one attached hydrogen (secondary N) is 2. The molecule has 11 heteroatoms. The maximum atomic E-state index is 13.6. The monoisotopic (exact) mass is 404 g/mol. The minimum Gasteiger partial charge on any atom is -0.421 e. The van der Waals surface area contributed by atoms with E-state index < -0.39 is 35.4 Å². The van der Waals surface area contributed by atoms with Crippen LogP contribution in [0, 0.1) is 5.82 Å². The van der Waals surface area contributed by atoms with Crippen LogP contribution in [0.2, 0.25) is 0 Å². The first-order valence-electron chi connectivity index (χ1n) is 7.24. The van der Waals surface area contributed by atoms with Crippen LogP contribution >= 0.6 is 12.2 Å². The summed E-state index contributed by atoms with van der Waals surface area (Å²) in [5, 5.41) is 4.38. The number of carbonyl (C=O) groups excluding carboxylic acids is 1. The third kappa shape index (κ3) is 3.77. The third-order valence-electron chi connectivity index (χ3n) is 3.36. The molecule has 1 aliphatic heterocycles. The molecule has 3 rings (SSSR count). The Balaban J connectivity index is 1.71. The van der Waals surface area contributed by atoms with Crippen molar-refractivity contribution in [3.05, 3.63) is 53.8 Å². The lowest BCUT2D eigenvalue weighted by atomic mass is 10.2. The summed E-state index contributed by atoms with van der Waals surface area (Å²) in [4.78, 5) is 11.9. The molecule has 0 atom stereocenters. The summed E-state index contributed by atoms with van der Waals surface area (Å²) in [7, 11) is 0. The van der Waals surface area contributed by atoms with Gasteiger partial charge in [0.1, 0.15) is 5.82 Å². The number of alkyl halides is 4. The van der Waals surface area contributed by atoms with E-state index in [1.807, 2.05) is 0 Å². The van der Waals surface area contributed by atoms with Crippen LogP contribution in [-0.2, 0) is 0 Å². The fourth-order valence-corrected chi connectivity index (χ4v) is 2.33. The fourth-order valence-electron chi connectivity index (χ4n) is 2.12. The Morgan fingerprint density at radius 2 is 1.59 bits per heavy atom. The number of carbonyl (C=O) groups is 1. The van der Waals surface area contributed by atoms with Crippen LogP contribution in [0.3, 0.4) is 0 Å². The fraction of sp³-hybridized carbons (Fsp3) is 0.125. The summed E-state index contributed by atoms with van der Waals surface area (Å²) in [6.07, 6.45) is -9.68. The van der Waals surface area contributed by atoms with Crippen LogP contribution in [0.5, 0.6) is 11.5 Å². The highest BCUT2D eigenvalue weighted by atomic mass is 32.1. The molecule has 0 aromatic heterocycles. The second-order valence-electron chi connectivity index (χ2n) is 5.29. The molecule has 0 saturated carbocycles. The molecular weight excluding hydrogens is 395 g/mol. The van der Waals surface area contributed by atoms with Crippen molar-refractivity contribution in [3.63, 3.8) is 0 Å². The van der Waals surface area contributed by atoms with Gasteiger partial charge in [-0.3, -0.25) is 10.1 Å². The summed E-state index contributed by atoms with van der Waals surface area (Å²) in [5.74, 6) is -2.86. The predicted octanol–water partition coefficient (Wildman–Crippen LogP) is 3.91. The lowest BCUT2D eigenvalue weighted by molar-refractivity contribution is -0.391. The van der Waals surface area contributed by atoms with E-state index in [1.54, 1.807) is 0 Å². The second kappa shape index (κ2) is 6.65. The molecule has 0 radical (unpaired) electrons. The Morgan fingerprint density at radius 1 is 0.963 bits per heavy atom. The van der Waals surface area contributed by atoms with Gasteiger partial charge in [0.25, 0.3) is 5.91 Å². The van der Waals surface area contributed by atoms with Gasteiger partial charge in [-0.25, -0.2) is 4.39 Å². The zero-order valence-corrected chi connectivity index (χ0v) is 13.9. The van der Waals surface area contributed by atoms with Gasteiger partial charge >= 0.3 is 12.2 Å². The molecule has 2 aromatic carbocycles. The number of amides is 1. The predicted molar refractivity (Wildman–Crippen MR) is 87.7 cm³/mol. The van der Waals surface area contributed by atoms with Crippen LogP contribution in [0.25, 0.3) is 0 Å². The number of anilines is 1. The highest BCUT2D eigenvalue weighted by molar-refractivity contribution is 7.80. The molecule has 1 aliphatic rings. The molecule has 0 unspecified atom stereocenters. The van der Waals surface area contributed by atoms with Gasteiger partial charge in [-0.1, -0.05) is 12.1 Å². The standard InChI is InChI=1S/C16H9F5N2O3S/c17-10-4-2-1-3-9(10)13(24)23-14(27)22-8-5-6-11-12(7-8)26-16(20,21)15(18,19)25-11/h1-7H,(H2,22,23,24,27). The van der Waals surface area contributed by atoms with Gasteiger partial charge in [0.15, 0.2) is 16.6 Å². The van der Waals surface area contributed by atoms with E-state index in [9.17, 15) is 26.7 Å². The molecule has 5 nitrogen and oxygen atoms in total. The first kappa shape index (κ1) is 18.8. The lowest BCUT2D eigenvalue weighted by Gasteiger charge is -2.31. The smallest absolute Gasteiger partial charge is 0.421 e. The van der Waals surface area contributed by atoms with Crippen LogP contribution in [0.1, 0.15) is 10.4 Å².